The number of fused-ring (bicyclic) bond motifs is 1. The Morgan fingerprint density at radius 2 is 1.89 bits per heavy atom. The van der Waals surface area contributed by atoms with Crippen molar-refractivity contribution in [3.63, 3.8) is 0 Å². The van der Waals surface area contributed by atoms with Crippen molar-refractivity contribution in [2.24, 2.45) is 0 Å². The molecule has 2 atom stereocenters. The van der Waals surface area contributed by atoms with E-state index >= 15 is 0 Å². The summed E-state index contributed by atoms with van der Waals surface area (Å²) >= 11 is 0. The molecule has 0 heterocycles. The predicted octanol–water partition coefficient (Wildman–Crippen LogP) is 3.56. The zero-order valence-electron chi connectivity index (χ0n) is 16.1. The number of nitrogens with zero attached hydrogens (tertiary/aromatic N) is 1. The quantitative estimate of drug-likeness (QED) is 0.801. The Balaban J connectivity index is 1.91. The topological polar surface area (TPSA) is 66.5 Å². The molecule has 0 aromatic heterocycles. The molecule has 0 radical (unpaired) electrons. The molecule has 0 bridgehead atoms. The number of para-hydroxylation sites is 1. The van der Waals surface area contributed by atoms with Crippen molar-refractivity contribution in [2.45, 2.75) is 44.7 Å². The number of amides is 1. The number of halogens is 1. The third-order valence-corrected chi connectivity index (χ3v) is 6.27. The summed E-state index contributed by atoms with van der Waals surface area (Å²) in [7, 11) is -3.87. The van der Waals surface area contributed by atoms with Gasteiger partial charge in [-0.1, -0.05) is 43.3 Å². The molecule has 7 heteroatoms. The number of nitrogens with one attached hydrogen (secondary N) is 1. The van der Waals surface area contributed by atoms with Gasteiger partial charge in [-0.05, 0) is 48.9 Å². The van der Waals surface area contributed by atoms with Crippen LogP contribution in [0.3, 0.4) is 0 Å². The van der Waals surface area contributed by atoms with E-state index in [-0.39, 0.29) is 18.2 Å². The molecule has 1 N–H and O–H groups in total. The molecule has 0 saturated heterocycles. The zero-order valence-corrected chi connectivity index (χ0v) is 16.9. The maximum Gasteiger partial charge on any atom is 0.244 e. The van der Waals surface area contributed by atoms with Crippen LogP contribution in [-0.2, 0) is 21.2 Å². The van der Waals surface area contributed by atoms with E-state index in [9.17, 15) is 17.6 Å². The van der Waals surface area contributed by atoms with E-state index in [2.05, 4.69) is 5.32 Å². The summed E-state index contributed by atoms with van der Waals surface area (Å²) in [5.74, 6) is -1.10. The molecule has 0 spiro atoms. The second-order valence-corrected chi connectivity index (χ2v) is 8.95. The average Bonchev–Trinajstić information content (AvgIpc) is 2.66. The van der Waals surface area contributed by atoms with Gasteiger partial charge in [0.15, 0.2) is 0 Å². The first-order valence-corrected chi connectivity index (χ1v) is 11.3. The molecule has 1 aliphatic carbocycles. The Morgan fingerprint density at radius 1 is 1.21 bits per heavy atom. The van der Waals surface area contributed by atoms with Gasteiger partial charge in [0.2, 0.25) is 15.9 Å². The number of sulfonamides is 1. The van der Waals surface area contributed by atoms with Crippen molar-refractivity contribution < 1.29 is 17.6 Å². The molecule has 2 aromatic carbocycles. The number of aryl methyl sites for hydroxylation is 1. The van der Waals surface area contributed by atoms with Gasteiger partial charge in [-0.25, -0.2) is 12.8 Å². The molecule has 0 aliphatic heterocycles. The fourth-order valence-electron chi connectivity index (χ4n) is 3.84. The van der Waals surface area contributed by atoms with Crippen LogP contribution in [0.15, 0.2) is 48.5 Å². The van der Waals surface area contributed by atoms with Crippen molar-refractivity contribution >= 4 is 21.6 Å². The second kappa shape index (κ2) is 8.31. The standard InChI is InChI=1S/C21H25FN2O3S/c1-3-19(24(28(2,26)27)20-14-7-6-12-17(20)22)21(25)23-18-13-8-10-15-9-4-5-11-16(15)18/h4-7,9,11-12,14,18-19H,3,8,10,13H2,1-2H3,(H,23,25)/t18-,19+/m1/s1. The summed E-state index contributed by atoms with van der Waals surface area (Å²) in [4.78, 5) is 13.1. The van der Waals surface area contributed by atoms with Gasteiger partial charge in [-0.3, -0.25) is 9.10 Å². The molecule has 0 saturated carbocycles. The Labute approximate surface area is 165 Å². The van der Waals surface area contributed by atoms with Gasteiger partial charge in [0.1, 0.15) is 11.9 Å². The van der Waals surface area contributed by atoms with Gasteiger partial charge in [-0.15, -0.1) is 0 Å². The summed E-state index contributed by atoms with van der Waals surface area (Å²) in [6.07, 6.45) is 3.91. The molecule has 0 unspecified atom stereocenters. The number of rotatable bonds is 6. The van der Waals surface area contributed by atoms with E-state index < -0.39 is 27.8 Å². The Bertz CT molecular complexity index is 962. The summed E-state index contributed by atoms with van der Waals surface area (Å²) in [6.45, 7) is 1.72. The SMILES string of the molecule is CC[C@@H](C(=O)N[C@@H]1CCCc2ccccc21)N(c1ccccc1F)S(C)(=O)=O. The first-order valence-electron chi connectivity index (χ1n) is 9.45. The normalized spacial score (nSPS) is 17.5. The fourth-order valence-corrected chi connectivity index (χ4v) is 5.05. The highest BCUT2D eigenvalue weighted by Gasteiger charge is 2.34. The van der Waals surface area contributed by atoms with Crippen LogP contribution in [0.5, 0.6) is 0 Å². The van der Waals surface area contributed by atoms with Crippen molar-refractivity contribution in [1.82, 2.24) is 5.32 Å². The highest BCUT2D eigenvalue weighted by molar-refractivity contribution is 7.92. The minimum Gasteiger partial charge on any atom is -0.347 e. The van der Waals surface area contributed by atoms with E-state index in [0.717, 1.165) is 35.4 Å². The van der Waals surface area contributed by atoms with E-state index in [1.165, 1.54) is 23.8 Å². The molecule has 0 fully saturated rings. The molecule has 3 rings (SSSR count). The largest absolute Gasteiger partial charge is 0.347 e. The lowest BCUT2D eigenvalue weighted by molar-refractivity contribution is -0.123. The zero-order chi connectivity index (χ0) is 20.3. The minimum atomic E-state index is -3.87. The van der Waals surface area contributed by atoms with E-state index in [1.54, 1.807) is 13.0 Å². The molecule has 1 amide bonds. The maximum atomic E-state index is 14.3. The van der Waals surface area contributed by atoms with Gasteiger partial charge >= 0.3 is 0 Å². The third kappa shape index (κ3) is 4.19. The number of carbonyl (C=O) groups is 1. The molecular formula is C21H25FN2O3S. The average molecular weight is 405 g/mol. The summed E-state index contributed by atoms with van der Waals surface area (Å²) in [5.41, 5.74) is 2.14. The van der Waals surface area contributed by atoms with Crippen LogP contribution in [0, 0.1) is 5.82 Å². The highest BCUT2D eigenvalue weighted by atomic mass is 32.2. The number of hydrogen-bond donors (Lipinski definition) is 1. The van der Waals surface area contributed by atoms with Crippen molar-refractivity contribution in [2.75, 3.05) is 10.6 Å². The van der Waals surface area contributed by atoms with Crippen LogP contribution < -0.4 is 9.62 Å². The van der Waals surface area contributed by atoms with Crippen LogP contribution in [0.1, 0.15) is 43.4 Å². The Kier molecular flexibility index (Phi) is 6.03. The molecule has 150 valence electrons. The smallest absolute Gasteiger partial charge is 0.244 e. The summed E-state index contributed by atoms with van der Waals surface area (Å²) in [6, 6.07) is 12.4. The molecule has 1 aliphatic rings. The van der Waals surface area contributed by atoms with Crippen molar-refractivity contribution in [3.05, 3.63) is 65.5 Å². The van der Waals surface area contributed by atoms with Crippen LogP contribution in [0.4, 0.5) is 10.1 Å². The van der Waals surface area contributed by atoms with Gasteiger partial charge < -0.3 is 5.32 Å². The summed E-state index contributed by atoms with van der Waals surface area (Å²) in [5, 5.41) is 3.00. The minimum absolute atomic E-state index is 0.115. The highest BCUT2D eigenvalue weighted by Crippen LogP contribution is 2.31. The van der Waals surface area contributed by atoms with Crippen LogP contribution in [-0.4, -0.2) is 26.6 Å². The second-order valence-electron chi connectivity index (χ2n) is 7.09. The van der Waals surface area contributed by atoms with Crippen LogP contribution in [0.25, 0.3) is 0 Å². The van der Waals surface area contributed by atoms with Gasteiger partial charge in [0.05, 0.1) is 18.0 Å². The van der Waals surface area contributed by atoms with E-state index in [0.29, 0.717) is 0 Å². The third-order valence-electron chi connectivity index (χ3n) is 5.11. The first-order chi connectivity index (χ1) is 13.3. The molecule has 28 heavy (non-hydrogen) atoms. The lowest BCUT2D eigenvalue weighted by Gasteiger charge is -2.33. The van der Waals surface area contributed by atoms with Crippen molar-refractivity contribution in [3.8, 4) is 0 Å². The number of hydrogen-bond acceptors (Lipinski definition) is 3. The molecule has 2 aromatic rings. The van der Waals surface area contributed by atoms with E-state index in [1.807, 2.05) is 24.3 Å². The predicted molar refractivity (Wildman–Crippen MR) is 108 cm³/mol. The van der Waals surface area contributed by atoms with Gasteiger partial charge in [0, 0.05) is 0 Å². The van der Waals surface area contributed by atoms with Crippen LogP contribution in [0.2, 0.25) is 0 Å². The lowest BCUT2D eigenvalue weighted by atomic mass is 9.87. The maximum absolute atomic E-state index is 14.3. The summed E-state index contributed by atoms with van der Waals surface area (Å²) < 4.78 is 40.2. The number of carbonyl (C=O) groups excluding carboxylic acids is 1. The number of anilines is 1. The Hall–Kier alpha value is -2.41. The van der Waals surface area contributed by atoms with E-state index in [4.69, 9.17) is 0 Å². The van der Waals surface area contributed by atoms with Crippen molar-refractivity contribution in [1.29, 1.82) is 0 Å². The van der Waals surface area contributed by atoms with Gasteiger partial charge in [-0.2, -0.15) is 0 Å². The fraction of sp³-hybridized carbons (Fsp3) is 0.381. The lowest BCUT2D eigenvalue weighted by Crippen LogP contribution is -2.50. The van der Waals surface area contributed by atoms with Gasteiger partial charge in [0.25, 0.3) is 0 Å². The Morgan fingerprint density at radius 3 is 2.57 bits per heavy atom. The monoisotopic (exact) mass is 404 g/mol. The van der Waals surface area contributed by atoms with Crippen LogP contribution >= 0.6 is 0 Å². The number of benzene rings is 2. The first kappa shape index (κ1) is 20.3. The molecular weight excluding hydrogens is 379 g/mol. The molecule has 5 nitrogen and oxygen atoms in total.